The van der Waals surface area contributed by atoms with Crippen LogP contribution in [0.15, 0.2) is 18.2 Å². The summed E-state index contributed by atoms with van der Waals surface area (Å²) in [4.78, 5) is 0. The second kappa shape index (κ2) is 5.56. The topological polar surface area (TPSA) is 76.3 Å². The third-order valence-electron chi connectivity index (χ3n) is 1.84. The van der Waals surface area contributed by atoms with Gasteiger partial charge in [0.1, 0.15) is 6.07 Å². The molecule has 1 rings (SSSR count). The highest BCUT2D eigenvalue weighted by atomic mass is 35.5. The lowest BCUT2D eigenvalue weighted by molar-refractivity contribution is 0.105. The van der Waals surface area contributed by atoms with Crippen molar-refractivity contribution in [2.45, 2.75) is 6.10 Å². The third kappa shape index (κ3) is 3.40. The number of aliphatic hydroxyl groups is 2. The van der Waals surface area contributed by atoms with Crippen molar-refractivity contribution in [3.05, 3.63) is 28.8 Å². The van der Waals surface area contributed by atoms with Crippen LogP contribution in [0.2, 0.25) is 5.02 Å². The van der Waals surface area contributed by atoms with Crippen LogP contribution < -0.4 is 5.32 Å². The van der Waals surface area contributed by atoms with Gasteiger partial charge in [-0.05, 0) is 18.2 Å². The summed E-state index contributed by atoms with van der Waals surface area (Å²) in [5.74, 6) is 0. The molecule has 0 aliphatic heterocycles. The molecule has 0 aromatic heterocycles. The van der Waals surface area contributed by atoms with Gasteiger partial charge in [-0.25, -0.2) is 0 Å². The number of rotatable bonds is 4. The highest BCUT2D eigenvalue weighted by Crippen LogP contribution is 2.19. The Hall–Kier alpha value is -1.28. The SMILES string of the molecule is N#Cc1ccc(NCC(O)CO)cc1Cl. The van der Waals surface area contributed by atoms with Gasteiger partial charge in [0, 0.05) is 12.2 Å². The molecule has 1 aromatic carbocycles. The van der Waals surface area contributed by atoms with E-state index in [0.29, 0.717) is 16.3 Å². The highest BCUT2D eigenvalue weighted by molar-refractivity contribution is 6.32. The molecule has 0 spiro atoms. The summed E-state index contributed by atoms with van der Waals surface area (Å²) in [5, 5.41) is 29.6. The predicted molar refractivity (Wildman–Crippen MR) is 57.7 cm³/mol. The Bertz CT molecular complexity index is 376. The van der Waals surface area contributed by atoms with E-state index in [4.69, 9.17) is 27.1 Å². The number of aliphatic hydroxyl groups excluding tert-OH is 2. The minimum absolute atomic E-state index is 0.235. The molecule has 4 nitrogen and oxygen atoms in total. The van der Waals surface area contributed by atoms with Crippen molar-refractivity contribution < 1.29 is 10.2 Å². The smallest absolute Gasteiger partial charge is 0.101 e. The van der Waals surface area contributed by atoms with E-state index in [-0.39, 0.29) is 13.2 Å². The van der Waals surface area contributed by atoms with Crippen LogP contribution in [0.25, 0.3) is 0 Å². The van der Waals surface area contributed by atoms with Gasteiger partial charge in [0.05, 0.1) is 23.3 Å². The fourth-order valence-electron chi connectivity index (χ4n) is 1.02. The lowest BCUT2D eigenvalue weighted by Crippen LogP contribution is -2.22. The molecular formula is C10H11ClN2O2. The Morgan fingerprint density at radius 3 is 2.80 bits per heavy atom. The van der Waals surface area contributed by atoms with Crippen LogP contribution in [0.5, 0.6) is 0 Å². The summed E-state index contributed by atoms with van der Waals surface area (Å²) < 4.78 is 0. The number of nitrogens with zero attached hydrogens (tertiary/aromatic N) is 1. The number of nitrogens with one attached hydrogen (secondary N) is 1. The van der Waals surface area contributed by atoms with E-state index in [0.717, 1.165) is 0 Å². The summed E-state index contributed by atoms with van der Waals surface area (Å²) in [6.45, 7) is -0.0598. The second-order valence-electron chi connectivity index (χ2n) is 3.02. The summed E-state index contributed by atoms with van der Waals surface area (Å²) >= 11 is 5.80. The Morgan fingerprint density at radius 2 is 2.27 bits per heavy atom. The Morgan fingerprint density at radius 1 is 1.53 bits per heavy atom. The molecule has 0 saturated heterocycles. The maximum absolute atomic E-state index is 9.09. The van der Waals surface area contributed by atoms with Crippen molar-refractivity contribution >= 4 is 17.3 Å². The first-order valence-corrected chi connectivity index (χ1v) is 4.77. The molecule has 15 heavy (non-hydrogen) atoms. The van der Waals surface area contributed by atoms with Crippen molar-refractivity contribution in [3.8, 4) is 6.07 Å². The van der Waals surface area contributed by atoms with Gasteiger partial charge in [-0.1, -0.05) is 11.6 Å². The monoisotopic (exact) mass is 226 g/mol. The average molecular weight is 227 g/mol. The van der Waals surface area contributed by atoms with Gasteiger partial charge in [0.25, 0.3) is 0 Å². The van der Waals surface area contributed by atoms with Crippen LogP contribution in [0.1, 0.15) is 5.56 Å². The molecule has 0 amide bonds. The molecule has 3 N–H and O–H groups in total. The molecule has 0 bridgehead atoms. The lowest BCUT2D eigenvalue weighted by Gasteiger charge is -2.10. The molecule has 0 fully saturated rings. The fourth-order valence-corrected chi connectivity index (χ4v) is 1.24. The van der Waals surface area contributed by atoms with Crippen LogP contribution in [0, 0.1) is 11.3 Å². The minimum atomic E-state index is -0.806. The Labute approximate surface area is 92.7 Å². The van der Waals surface area contributed by atoms with E-state index in [1.165, 1.54) is 0 Å². The second-order valence-corrected chi connectivity index (χ2v) is 3.43. The van der Waals surface area contributed by atoms with E-state index >= 15 is 0 Å². The van der Waals surface area contributed by atoms with Crippen LogP contribution in [-0.2, 0) is 0 Å². The number of hydrogen-bond acceptors (Lipinski definition) is 4. The Kier molecular flexibility index (Phi) is 4.37. The molecule has 0 aliphatic carbocycles. The number of nitriles is 1. The zero-order valence-corrected chi connectivity index (χ0v) is 8.70. The van der Waals surface area contributed by atoms with Gasteiger partial charge in [-0.15, -0.1) is 0 Å². The fraction of sp³-hybridized carbons (Fsp3) is 0.300. The average Bonchev–Trinajstić information content (AvgIpc) is 2.26. The number of anilines is 1. The first kappa shape index (κ1) is 11.8. The van der Waals surface area contributed by atoms with Gasteiger partial charge in [-0.3, -0.25) is 0 Å². The molecule has 0 aliphatic rings. The van der Waals surface area contributed by atoms with Crippen LogP contribution in [-0.4, -0.2) is 29.5 Å². The van der Waals surface area contributed by atoms with Crippen molar-refractivity contribution in [2.75, 3.05) is 18.5 Å². The van der Waals surface area contributed by atoms with Gasteiger partial charge >= 0.3 is 0 Å². The van der Waals surface area contributed by atoms with E-state index in [2.05, 4.69) is 5.32 Å². The summed E-state index contributed by atoms with van der Waals surface area (Å²) in [6, 6.07) is 6.83. The van der Waals surface area contributed by atoms with Crippen molar-refractivity contribution in [3.63, 3.8) is 0 Å². The lowest BCUT2D eigenvalue weighted by atomic mass is 10.2. The van der Waals surface area contributed by atoms with Gasteiger partial charge in [0.2, 0.25) is 0 Å². The zero-order valence-electron chi connectivity index (χ0n) is 7.94. The van der Waals surface area contributed by atoms with E-state index in [9.17, 15) is 0 Å². The number of halogens is 1. The molecule has 80 valence electrons. The maximum Gasteiger partial charge on any atom is 0.101 e. The zero-order chi connectivity index (χ0) is 11.3. The maximum atomic E-state index is 9.09. The van der Waals surface area contributed by atoms with Crippen molar-refractivity contribution in [1.29, 1.82) is 5.26 Å². The molecule has 1 unspecified atom stereocenters. The normalized spacial score (nSPS) is 11.9. The Balaban J connectivity index is 2.64. The van der Waals surface area contributed by atoms with Gasteiger partial charge in [0.15, 0.2) is 0 Å². The summed E-state index contributed by atoms with van der Waals surface area (Å²) in [5.41, 5.74) is 1.11. The molecule has 0 radical (unpaired) electrons. The minimum Gasteiger partial charge on any atom is -0.394 e. The summed E-state index contributed by atoms with van der Waals surface area (Å²) in [7, 11) is 0. The third-order valence-corrected chi connectivity index (χ3v) is 2.15. The van der Waals surface area contributed by atoms with E-state index in [1.807, 2.05) is 6.07 Å². The molecule has 0 saturated carbocycles. The molecular weight excluding hydrogens is 216 g/mol. The molecule has 0 heterocycles. The van der Waals surface area contributed by atoms with Crippen LogP contribution in [0.3, 0.4) is 0 Å². The highest BCUT2D eigenvalue weighted by Gasteiger charge is 2.03. The van der Waals surface area contributed by atoms with Gasteiger partial charge < -0.3 is 15.5 Å². The van der Waals surface area contributed by atoms with Crippen molar-refractivity contribution in [2.24, 2.45) is 0 Å². The largest absolute Gasteiger partial charge is 0.394 e. The van der Waals surface area contributed by atoms with Crippen molar-refractivity contribution in [1.82, 2.24) is 0 Å². The molecule has 5 heteroatoms. The first-order chi connectivity index (χ1) is 7.17. The van der Waals surface area contributed by atoms with Crippen LogP contribution in [0.4, 0.5) is 5.69 Å². The quantitative estimate of drug-likeness (QED) is 0.715. The van der Waals surface area contributed by atoms with Gasteiger partial charge in [-0.2, -0.15) is 5.26 Å². The summed E-state index contributed by atoms with van der Waals surface area (Å²) in [6.07, 6.45) is -0.806. The standard InChI is InChI=1S/C10H11ClN2O2/c11-10-3-8(2-1-7(10)4-12)13-5-9(15)6-14/h1-3,9,13-15H,5-6H2. The van der Waals surface area contributed by atoms with E-state index < -0.39 is 6.10 Å². The molecule has 1 aromatic rings. The number of hydrogen-bond donors (Lipinski definition) is 3. The first-order valence-electron chi connectivity index (χ1n) is 4.40. The predicted octanol–water partition coefficient (Wildman–Crippen LogP) is 0.977. The van der Waals surface area contributed by atoms with E-state index in [1.54, 1.807) is 18.2 Å². The van der Waals surface area contributed by atoms with Crippen LogP contribution >= 0.6 is 11.6 Å². The number of benzene rings is 1. The molecule has 1 atom stereocenters.